The second kappa shape index (κ2) is 5.38. The van der Waals surface area contributed by atoms with Crippen molar-refractivity contribution >= 4 is 27.0 Å². The van der Waals surface area contributed by atoms with Crippen LogP contribution in [-0.4, -0.2) is 17.1 Å². The van der Waals surface area contributed by atoms with Crippen molar-refractivity contribution in [1.82, 2.24) is 9.97 Å². The minimum atomic E-state index is -0.322. The number of H-pyrrole nitrogens is 2. The van der Waals surface area contributed by atoms with Gasteiger partial charge in [-0.1, -0.05) is 28.1 Å². The predicted molar refractivity (Wildman–Crippen MR) is 85.6 cm³/mol. The van der Waals surface area contributed by atoms with E-state index >= 15 is 0 Å². The zero-order valence-electron chi connectivity index (χ0n) is 11.3. The third-order valence-electron chi connectivity index (χ3n) is 3.42. The van der Waals surface area contributed by atoms with Crippen molar-refractivity contribution in [3.05, 3.63) is 62.5 Å². The third kappa shape index (κ3) is 2.59. The summed E-state index contributed by atoms with van der Waals surface area (Å²) in [7, 11) is 1.62. The molecule has 0 saturated carbocycles. The second-order valence-corrected chi connectivity index (χ2v) is 5.61. The van der Waals surface area contributed by atoms with Gasteiger partial charge in [-0.05, 0) is 35.4 Å². The zero-order chi connectivity index (χ0) is 15.0. The molecule has 3 rings (SSSR count). The maximum absolute atomic E-state index is 11.4. The van der Waals surface area contributed by atoms with Gasteiger partial charge in [-0.2, -0.15) is 0 Å². The van der Waals surface area contributed by atoms with E-state index in [1.165, 1.54) is 0 Å². The molecule has 0 spiro atoms. The molecule has 0 saturated heterocycles. The van der Waals surface area contributed by atoms with Crippen LogP contribution in [0.3, 0.4) is 0 Å². The van der Waals surface area contributed by atoms with E-state index in [-0.39, 0.29) is 11.7 Å². The number of methoxy groups -OCH3 is 1. The van der Waals surface area contributed by atoms with Gasteiger partial charge in [0, 0.05) is 4.47 Å². The van der Waals surface area contributed by atoms with Gasteiger partial charge >= 0.3 is 5.69 Å². The Kier molecular flexibility index (Phi) is 3.57. The van der Waals surface area contributed by atoms with Gasteiger partial charge in [0.15, 0.2) is 0 Å². The molecular formula is C15H14BrN3O2. The summed E-state index contributed by atoms with van der Waals surface area (Å²) in [6.45, 7) is 0. The van der Waals surface area contributed by atoms with E-state index in [0.29, 0.717) is 0 Å². The van der Waals surface area contributed by atoms with Crippen LogP contribution in [0.1, 0.15) is 17.2 Å². The van der Waals surface area contributed by atoms with Gasteiger partial charge in [0.1, 0.15) is 5.75 Å². The Morgan fingerprint density at radius 2 is 1.90 bits per heavy atom. The molecule has 1 unspecified atom stereocenters. The van der Waals surface area contributed by atoms with Crippen LogP contribution in [0, 0.1) is 0 Å². The maximum atomic E-state index is 11.4. The number of ether oxygens (including phenoxy) is 1. The molecule has 1 atom stereocenters. The first-order valence-corrected chi connectivity index (χ1v) is 7.19. The van der Waals surface area contributed by atoms with E-state index in [9.17, 15) is 4.79 Å². The minimum Gasteiger partial charge on any atom is -0.497 e. The lowest BCUT2D eigenvalue weighted by atomic mass is 9.99. The van der Waals surface area contributed by atoms with Crippen molar-refractivity contribution in [3.63, 3.8) is 0 Å². The molecule has 2 aromatic carbocycles. The van der Waals surface area contributed by atoms with Crippen LogP contribution in [0.5, 0.6) is 5.75 Å². The average molecular weight is 348 g/mol. The number of imidazole rings is 1. The van der Waals surface area contributed by atoms with Gasteiger partial charge in [0.25, 0.3) is 0 Å². The number of nitrogens with two attached hydrogens (primary N) is 1. The standard InChI is InChI=1S/C15H14BrN3O2/c1-21-9-4-2-3-8(5-9)14(17)10-6-12-13(7-11(10)16)19-15(20)18-12/h2-7,14H,17H2,1H3,(H2,18,19,20). The monoisotopic (exact) mass is 347 g/mol. The topological polar surface area (TPSA) is 83.9 Å². The van der Waals surface area contributed by atoms with Crippen LogP contribution < -0.4 is 16.2 Å². The highest BCUT2D eigenvalue weighted by Crippen LogP contribution is 2.30. The van der Waals surface area contributed by atoms with Gasteiger partial charge in [-0.3, -0.25) is 0 Å². The summed E-state index contributed by atoms with van der Waals surface area (Å²) in [5.74, 6) is 0.759. The number of halogens is 1. The first-order chi connectivity index (χ1) is 10.1. The Hall–Kier alpha value is -2.05. The molecule has 1 heterocycles. The number of aromatic nitrogens is 2. The summed E-state index contributed by atoms with van der Waals surface area (Å²) in [6, 6.07) is 11.0. The largest absolute Gasteiger partial charge is 0.497 e. The Labute approximate surface area is 129 Å². The number of hydrogen-bond donors (Lipinski definition) is 3. The number of rotatable bonds is 3. The smallest absolute Gasteiger partial charge is 0.323 e. The summed E-state index contributed by atoms with van der Waals surface area (Å²) in [5.41, 5.74) is 9.43. The first-order valence-electron chi connectivity index (χ1n) is 6.39. The van der Waals surface area contributed by atoms with E-state index < -0.39 is 0 Å². The zero-order valence-corrected chi connectivity index (χ0v) is 12.9. The van der Waals surface area contributed by atoms with Gasteiger partial charge in [0.05, 0.1) is 24.2 Å². The molecule has 0 amide bonds. The van der Waals surface area contributed by atoms with E-state index in [4.69, 9.17) is 10.5 Å². The molecule has 0 radical (unpaired) electrons. The van der Waals surface area contributed by atoms with Crippen molar-refractivity contribution < 1.29 is 4.74 Å². The van der Waals surface area contributed by atoms with Gasteiger partial charge in [-0.25, -0.2) is 4.79 Å². The van der Waals surface area contributed by atoms with E-state index in [1.807, 2.05) is 36.4 Å². The molecular weight excluding hydrogens is 334 g/mol. The van der Waals surface area contributed by atoms with Gasteiger partial charge < -0.3 is 20.4 Å². The first kappa shape index (κ1) is 13.9. The lowest BCUT2D eigenvalue weighted by Gasteiger charge is -2.15. The summed E-state index contributed by atoms with van der Waals surface area (Å²) in [4.78, 5) is 16.8. The van der Waals surface area contributed by atoms with Crippen LogP contribution in [0.15, 0.2) is 45.7 Å². The lowest BCUT2D eigenvalue weighted by molar-refractivity contribution is 0.414. The van der Waals surface area contributed by atoms with Crippen LogP contribution >= 0.6 is 15.9 Å². The van der Waals surface area contributed by atoms with Crippen molar-refractivity contribution in [1.29, 1.82) is 0 Å². The fourth-order valence-electron chi connectivity index (χ4n) is 2.33. The number of nitrogens with one attached hydrogen (secondary N) is 2. The lowest BCUT2D eigenvalue weighted by Crippen LogP contribution is -2.12. The fraction of sp³-hybridized carbons (Fsp3) is 0.133. The van der Waals surface area contributed by atoms with Gasteiger partial charge in [0.2, 0.25) is 0 Å². The van der Waals surface area contributed by atoms with Crippen molar-refractivity contribution in [2.45, 2.75) is 6.04 Å². The average Bonchev–Trinajstić information content (AvgIpc) is 2.84. The molecule has 0 aliphatic rings. The van der Waals surface area contributed by atoms with Crippen molar-refractivity contribution in [3.8, 4) is 5.75 Å². The molecule has 5 nitrogen and oxygen atoms in total. The summed E-state index contributed by atoms with van der Waals surface area (Å²) < 4.78 is 6.07. The maximum Gasteiger partial charge on any atom is 0.323 e. The minimum absolute atomic E-state index is 0.232. The number of fused-ring (bicyclic) bond motifs is 1. The molecule has 4 N–H and O–H groups in total. The van der Waals surface area contributed by atoms with E-state index in [1.54, 1.807) is 7.11 Å². The molecule has 21 heavy (non-hydrogen) atoms. The third-order valence-corrected chi connectivity index (χ3v) is 4.11. The Morgan fingerprint density at radius 3 is 2.62 bits per heavy atom. The highest BCUT2D eigenvalue weighted by molar-refractivity contribution is 9.10. The van der Waals surface area contributed by atoms with Crippen molar-refractivity contribution in [2.75, 3.05) is 7.11 Å². The summed E-state index contributed by atoms with van der Waals surface area (Å²) >= 11 is 3.51. The van der Waals surface area contributed by atoms with Crippen LogP contribution in [-0.2, 0) is 0 Å². The SMILES string of the molecule is COc1cccc(C(N)c2cc3[nH]c(=O)[nH]c3cc2Br)c1. The second-order valence-electron chi connectivity index (χ2n) is 4.75. The molecule has 0 aliphatic carbocycles. The molecule has 108 valence electrons. The Morgan fingerprint density at radius 1 is 1.19 bits per heavy atom. The van der Waals surface area contributed by atoms with Crippen LogP contribution in [0.25, 0.3) is 11.0 Å². The summed E-state index contributed by atoms with van der Waals surface area (Å²) in [6.07, 6.45) is 0. The van der Waals surface area contributed by atoms with E-state index in [2.05, 4.69) is 25.9 Å². The highest BCUT2D eigenvalue weighted by atomic mass is 79.9. The van der Waals surface area contributed by atoms with Crippen LogP contribution in [0.4, 0.5) is 0 Å². The fourth-order valence-corrected chi connectivity index (χ4v) is 2.92. The highest BCUT2D eigenvalue weighted by Gasteiger charge is 2.15. The predicted octanol–water partition coefficient (Wildman–Crippen LogP) is 2.68. The number of hydrogen-bond acceptors (Lipinski definition) is 3. The molecule has 6 heteroatoms. The normalized spacial score (nSPS) is 12.5. The van der Waals surface area contributed by atoms with Gasteiger partial charge in [-0.15, -0.1) is 0 Å². The molecule has 0 fully saturated rings. The molecule has 3 aromatic rings. The molecule has 0 aliphatic heterocycles. The van der Waals surface area contributed by atoms with Crippen LogP contribution in [0.2, 0.25) is 0 Å². The van der Waals surface area contributed by atoms with Crippen molar-refractivity contribution in [2.24, 2.45) is 5.73 Å². The molecule has 1 aromatic heterocycles. The van der Waals surface area contributed by atoms with E-state index in [0.717, 1.165) is 32.4 Å². The Bertz CT molecular complexity index is 853. The number of aromatic amines is 2. The number of benzene rings is 2. The Balaban J connectivity index is 2.09. The quantitative estimate of drug-likeness (QED) is 0.680. The molecule has 0 bridgehead atoms. The summed E-state index contributed by atoms with van der Waals surface area (Å²) in [5, 5.41) is 0.